The summed E-state index contributed by atoms with van der Waals surface area (Å²) >= 11 is 0. The zero-order valence-electron chi connectivity index (χ0n) is 22.0. The van der Waals surface area contributed by atoms with Crippen LogP contribution in [0.4, 0.5) is 14.5 Å². The summed E-state index contributed by atoms with van der Waals surface area (Å²) in [7, 11) is -4.10. The van der Waals surface area contributed by atoms with Crippen LogP contribution >= 0.6 is 0 Å². The lowest BCUT2D eigenvalue weighted by Crippen LogP contribution is -2.53. The Bertz CT molecular complexity index is 1370. The van der Waals surface area contributed by atoms with Gasteiger partial charge in [-0.05, 0) is 30.2 Å². The number of benzene rings is 3. The first-order chi connectivity index (χ1) is 18.6. The van der Waals surface area contributed by atoms with E-state index in [1.165, 1.54) is 41.3 Å². The molecule has 0 spiro atoms. The van der Waals surface area contributed by atoms with Crippen LogP contribution in [0.2, 0.25) is 0 Å². The molecule has 10 heteroatoms. The highest BCUT2D eigenvalue weighted by Crippen LogP contribution is 2.23. The van der Waals surface area contributed by atoms with Gasteiger partial charge in [-0.25, -0.2) is 17.2 Å². The molecule has 0 saturated carbocycles. The summed E-state index contributed by atoms with van der Waals surface area (Å²) in [5, 5.41) is 2.85. The molecule has 0 aliphatic heterocycles. The number of sulfonamides is 1. The Morgan fingerprint density at radius 3 is 2.13 bits per heavy atom. The van der Waals surface area contributed by atoms with Gasteiger partial charge in [0.15, 0.2) is 0 Å². The fraction of sp³-hybridized carbons (Fsp3) is 0.310. The van der Waals surface area contributed by atoms with Crippen LogP contribution in [0.5, 0.6) is 0 Å². The standard InChI is InChI=1S/C29H33F2N3O4S/c1-3-4-18-32-29(36)27(19-22-12-6-5-7-13-22)33(20-23-14-8-9-15-24(23)30)28(35)21-34(39(2,37)38)26-17-11-10-16-25(26)31/h5-17,27H,3-4,18-21H2,1-2H3,(H,32,36)/t27-/m1/s1. The summed E-state index contributed by atoms with van der Waals surface area (Å²) in [6.07, 6.45) is 2.54. The molecule has 0 aromatic heterocycles. The molecule has 208 valence electrons. The van der Waals surface area contributed by atoms with Gasteiger partial charge in [0.2, 0.25) is 21.8 Å². The second-order valence-corrected chi connectivity index (χ2v) is 11.1. The average molecular weight is 558 g/mol. The predicted octanol–water partition coefficient (Wildman–Crippen LogP) is 4.29. The molecule has 0 aliphatic carbocycles. The third-order valence-electron chi connectivity index (χ3n) is 6.20. The second-order valence-electron chi connectivity index (χ2n) is 9.18. The number of rotatable bonds is 13. The number of anilines is 1. The number of carbonyl (C=O) groups is 2. The Labute approximate surface area is 228 Å². The van der Waals surface area contributed by atoms with Crippen LogP contribution in [0.25, 0.3) is 0 Å². The predicted molar refractivity (Wildman–Crippen MR) is 147 cm³/mol. The third-order valence-corrected chi connectivity index (χ3v) is 7.33. The molecule has 7 nitrogen and oxygen atoms in total. The van der Waals surface area contributed by atoms with E-state index in [0.717, 1.165) is 30.7 Å². The zero-order chi connectivity index (χ0) is 28.4. The summed E-state index contributed by atoms with van der Waals surface area (Å²) in [5.41, 5.74) is 0.613. The number of carbonyl (C=O) groups excluding carboxylic acids is 2. The molecule has 0 unspecified atom stereocenters. The van der Waals surface area contributed by atoms with Crippen LogP contribution in [0, 0.1) is 11.6 Å². The molecule has 0 radical (unpaired) electrons. The smallest absolute Gasteiger partial charge is 0.244 e. The van der Waals surface area contributed by atoms with E-state index < -0.39 is 46.1 Å². The molecular weight excluding hydrogens is 524 g/mol. The third kappa shape index (κ3) is 8.35. The van der Waals surface area contributed by atoms with Crippen molar-refractivity contribution >= 4 is 27.5 Å². The van der Waals surface area contributed by atoms with Crippen molar-refractivity contribution in [2.75, 3.05) is 23.7 Å². The first-order valence-corrected chi connectivity index (χ1v) is 14.5. The van der Waals surface area contributed by atoms with Gasteiger partial charge in [0.25, 0.3) is 0 Å². The van der Waals surface area contributed by atoms with Crippen LogP contribution in [0.15, 0.2) is 78.9 Å². The van der Waals surface area contributed by atoms with Crippen molar-refractivity contribution in [3.05, 3.63) is 102 Å². The Balaban J connectivity index is 2.05. The Morgan fingerprint density at radius 2 is 1.51 bits per heavy atom. The van der Waals surface area contributed by atoms with E-state index in [1.807, 2.05) is 13.0 Å². The van der Waals surface area contributed by atoms with Gasteiger partial charge in [0.05, 0.1) is 11.9 Å². The van der Waals surface area contributed by atoms with Crippen molar-refractivity contribution in [2.45, 2.75) is 38.8 Å². The van der Waals surface area contributed by atoms with Gasteiger partial charge in [-0.15, -0.1) is 0 Å². The Morgan fingerprint density at radius 1 is 0.897 bits per heavy atom. The summed E-state index contributed by atoms with van der Waals surface area (Å²) in [6, 6.07) is 19.0. The Kier molecular flexibility index (Phi) is 10.6. The SMILES string of the molecule is CCCCNC(=O)[C@@H](Cc1ccccc1)N(Cc1ccccc1F)C(=O)CN(c1ccccc1F)S(C)(=O)=O. The van der Waals surface area contributed by atoms with E-state index >= 15 is 0 Å². The van der Waals surface area contributed by atoms with Crippen molar-refractivity contribution in [3.8, 4) is 0 Å². The van der Waals surface area contributed by atoms with E-state index in [9.17, 15) is 26.8 Å². The summed E-state index contributed by atoms with van der Waals surface area (Å²) < 4.78 is 55.4. The minimum Gasteiger partial charge on any atom is -0.354 e. The first kappa shape index (κ1) is 29.8. The maximum absolute atomic E-state index is 14.7. The van der Waals surface area contributed by atoms with Crippen LogP contribution in [0.3, 0.4) is 0 Å². The number of para-hydroxylation sites is 1. The van der Waals surface area contributed by atoms with Crippen molar-refractivity contribution in [1.29, 1.82) is 0 Å². The first-order valence-electron chi connectivity index (χ1n) is 12.7. The van der Waals surface area contributed by atoms with Crippen molar-refractivity contribution in [1.82, 2.24) is 10.2 Å². The molecule has 0 heterocycles. The van der Waals surface area contributed by atoms with Crippen molar-refractivity contribution in [2.24, 2.45) is 0 Å². The molecule has 0 bridgehead atoms. The van der Waals surface area contributed by atoms with Gasteiger partial charge < -0.3 is 10.2 Å². The topological polar surface area (TPSA) is 86.8 Å². The van der Waals surface area contributed by atoms with E-state index in [4.69, 9.17) is 0 Å². The number of halogens is 2. The van der Waals surface area contributed by atoms with E-state index in [-0.39, 0.29) is 24.2 Å². The van der Waals surface area contributed by atoms with Gasteiger partial charge in [-0.2, -0.15) is 0 Å². The lowest BCUT2D eigenvalue weighted by molar-refractivity contribution is -0.140. The molecule has 2 amide bonds. The van der Waals surface area contributed by atoms with Crippen LogP contribution in [-0.2, 0) is 32.6 Å². The molecule has 0 aliphatic rings. The van der Waals surface area contributed by atoms with Crippen LogP contribution < -0.4 is 9.62 Å². The fourth-order valence-electron chi connectivity index (χ4n) is 4.12. The lowest BCUT2D eigenvalue weighted by Gasteiger charge is -2.33. The van der Waals surface area contributed by atoms with E-state index in [0.29, 0.717) is 10.8 Å². The lowest BCUT2D eigenvalue weighted by atomic mass is 10.0. The van der Waals surface area contributed by atoms with Crippen molar-refractivity contribution in [3.63, 3.8) is 0 Å². The van der Waals surface area contributed by atoms with Gasteiger partial charge in [0.1, 0.15) is 24.2 Å². The quantitative estimate of drug-likeness (QED) is 0.318. The minimum absolute atomic E-state index is 0.109. The van der Waals surface area contributed by atoms with Crippen LogP contribution in [0.1, 0.15) is 30.9 Å². The summed E-state index contributed by atoms with van der Waals surface area (Å²) in [4.78, 5) is 28.5. The largest absolute Gasteiger partial charge is 0.354 e. The van der Waals surface area contributed by atoms with Crippen molar-refractivity contribution < 1.29 is 26.8 Å². The summed E-state index contributed by atoms with van der Waals surface area (Å²) in [5.74, 6) is -2.63. The normalized spacial score (nSPS) is 12.0. The van der Waals surface area contributed by atoms with Gasteiger partial charge in [-0.3, -0.25) is 13.9 Å². The average Bonchev–Trinajstić information content (AvgIpc) is 2.90. The molecule has 0 saturated heterocycles. The fourth-order valence-corrected chi connectivity index (χ4v) is 4.97. The molecular formula is C29H33F2N3O4S. The number of amides is 2. The number of unbranched alkanes of at least 4 members (excludes halogenated alkanes) is 1. The highest BCUT2D eigenvalue weighted by Gasteiger charge is 2.33. The number of nitrogens with zero attached hydrogens (tertiary/aromatic N) is 2. The number of hydrogen-bond donors (Lipinski definition) is 1. The maximum atomic E-state index is 14.7. The maximum Gasteiger partial charge on any atom is 0.244 e. The molecule has 3 aromatic carbocycles. The Hall–Kier alpha value is -3.79. The minimum atomic E-state index is -4.10. The summed E-state index contributed by atoms with van der Waals surface area (Å²) in [6.45, 7) is 1.29. The molecule has 39 heavy (non-hydrogen) atoms. The molecule has 1 atom stereocenters. The number of hydrogen-bond acceptors (Lipinski definition) is 4. The molecule has 3 rings (SSSR count). The van der Waals surface area contributed by atoms with Gasteiger partial charge in [0, 0.05) is 25.1 Å². The molecule has 1 N–H and O–H groups in total. The van der Waals surface area contributed by atoms with Crippen LogP contribution in [-0.4, -0.2) is 50.5 Å². The second kappa shape index (κ2) is 13.8. The number of nitrogens with one attached hydrogen (secondary N) is 1. The highest BCUT2D eigenvalue weighted by molar-refractivity contribution is 7.92. The monoisotopic (exact) mass is 557 g/mol. The highest BCUT2D eigenvalue weighted by atomic mass is 32.2. The van der Waals surface area contributed by atoms with Gasteiger partial charge in [-0.1, -0.05) is 74.0 Å². The molecule has 0 fully saturated rings. The molecule has 3 aromatic rings. The zero-order valence-corrected chi connectivity index (χ0v) is 22.8. The van der Waals surface area contributed by atoms with Gasteiger partial charge >= 0.3 is 0 Å². The van der Waals surface area contributed by atoms with E-state index in [2.05, 4.69) is 5.32 Å². The van der Waals surface area contributed by atoms with E-state index in [1.54, 1.807) is 30.3 Å².